The van der Waals surface area contributed by atoms with Gasteiger partial charge >= 0.3 is 0 Å². The van der Waals surface area contributed by atoms with E-state index in [9.17, 15) is 0 Å². The molecule has 0 radical (unpaired) electrons. The third kappa shape index (κ3) is 2.76. The fourth-order valence-electron chi connectivity index (χ4n) is 0.786. The summed E-state index contributed by atoms with van der Waals surface area (Å²) >= 11 is 5.50. The van der Waals surface area contributed by atoms with Crippen LogP contribution in [0.5, 0.6) is 0 Å². The van der Waals surface area contributed by atoms with Gasteiger partial charge in [-0.1, -0.05) is 6.08 Å². The number of rotatable bonds is 3. The lowest BCUT2D eigenvalue weighted by Gasteiger charge is -1.82. The molecule has 2 nitrogen and oxygen atoms in total. The van der Waals surface area contributed by atoms with E-state index in [2.05, 4.69) is 4.98 Å². The van der Waals surface area contributed by atoms with E-state index in [0.29, 0.717) is 5.88 Å². The minimum absolute atomic E-state index is 0.670. The van der Waals surface area contributed by atoms with E-state index in [4.69, 9.17) is 11.6 Å². The minimum Gasteiger partial charge on any atom is -0.340 e. The number of halogens is 1. The van der Waals surface area contributed by atoms with Crippen LogP contribution in [-0.4, -0.2) is 15.4 Å². The van der Waals surface area contributed by atoms with Gasteiger partial charge in [-0.15, -0.1) is 11.6 Å². The predicted molar refractivity (Wildman–Crippen MR) is 47.6 cm³/mol. The normalized spacial score (nSPS) is 11.1. The summed E-state index contributed by atoms with van der Waals surface area (Å²) < 4.78 is 1.92. The molecule has 0 bridgehead atoms. The molecular weight excluding hydrogens is 160 g/mol. The van der Waals surface area contributed by atoms with Crippen LogP contribution in [0, 0.1) is 0 Å². The smallest absolute Gasteiger partial charge is 0.0950 e. The molecule has 3 heteroatoms. The first-order chi connectivity index (χ1) is 5.33. The number of nitrogens with zero attached hydrogens (tertiary/aromatic N) is 2. The monoisotopic (exact) mass is 170 g/mol. The molecule has 1 rings (SSSR count). The molecule has 0 saturated carbocycles. The summed E-state index contributed by atoms with van der Waals surface area (Å²) in [5.74, 6) is 0.670. The van der Waals surface area contributed by atoms with Crippen LogP contribution >= 0.6 is 11.6 Å². The highest BCUT2D eigenvalue weighted by Crippen LogP contribution is 1.98. The molecule has 0 fully saturated rings. The van der Waals surface area contributed by atoms with Crippen LogP contribution in [0.15, 0.2) is 18.6 Å². The van der Waals surface area contributed by atoms with Crippen LogP contribution in [-0.2, 0) is 7.05 Å². The molecule has 1 heterocycles. The summed E-state index contributed by atoms with van der Waals surface area (Å²) in [6.45, 7) is 0. The van der Waals surface area contributed by atoms with Gasteiger partial charge in [0.05, 0.1) is 12.0 Å². The second kappa shape index (κ2) is 4.19. The number of aromatic nitrogens is 2. The summed E-state index contributed by atoms with van der Waals surface area (Å²) in [6, 6.07) is 0. The van der Waals surface area contributed by atoms with Crippen LogP contribution in [0.3, 0.4) is 0 Å². The molecule has 0 saturated heterocycles. The van der Waals surface area contributed by atoms with Crippen LogP contribution in [0.4, 0.5) is 0 Å². The van der Waals surface area contributed by atoms with Crippen molar-refractivity contribution in [1.82, 2.24) is 9.55 Å². The van der Waals surface area contributed by atoms with E-state index < -0.39 is 0 Å². The number of imidazole rings is 1. The number of hydrogen-bond donors (Lipinski definition) is 0. The zero-order valence-corrected chi connectivity index (χ0v) is 7.25. The third-order valence-electron chi connectivity index (χ3n) is 1.29. The first-order valence-electron chi connectivity index (χ1n) is 3.53. The lowest BCUT2D eigenvalue weighted by atomic mass is 10.3. The van der Waals surface area contributed by atoms with Crippen LogP contribution in [0.25, 0.3) is 6.08 Å². The highest BCUT2D eigenvalue weighted by molar-refractivity contribution is 6.17. The van der Waals surface area contributed by atoms with Crippen molar-refractivity contribution in [3.63, 3.8) is 0 Å². The summed E-state index contributed by atoms with van der Waals surface area (Å²) in [4.78, 5) is 4.12. The maximum atomic E-state index is 5.50. The van der Waals surface area contributed by atoms with Crippen LogP contribution in [0.1, 0.15) is 12.1 Å². The van der Waals surface area contributed by atoms with E-state index in [-0.39, 0.29) is 0 Å². The van der Waals surface area contributed by atoms with Crippen LogP contribution < -0.4 is 0 Å². The Morgan fingerprint density at radius 1 is 1.73 bits per heavy atom. The van der Waals surface area contributed by atoms with Gasteiger partial charge in [0.25, 0.3) is 0 Å². The zero-order chi connectivity index (χ0) is 8.10. The van der Waals surface area contributed by atoms with Crippen molar-refractivity contribution in [3.05, 3.63) is 24.3 Å². The summed E-state index contributed by atoms with van der Waals surface area (Å²) in [6.07, 6.45) is 8.64. The quantitative estimate of drug-likeness (QED) is 0.635. The molecule has 0 spiro atoms. The lowest BCUT2D eigenvalue weighted by molar-refractivity contribution is 0.913. The number of hydrogen-bond acceptors (Lipinski definition) is 1. The standard InChI is InChI=1S/C8H11ClN2/c1-11-6-8(10-7-11)4-2-3-5-9/h2,4,6-7H,3,5H2,1H3/b4-2+. The molecular formula is C8H11ClN2. The fourth-order valence-corrected chi connectivity index (χ4v) is 0.912. The first-order valence-corrected chi connectivity index (χ1v) is 4.07. The topological polar surface area (TPSA) is 17.8 Å². The number of aryl methyl sites for hydroxylation is 1. The Kier molecular flexibility index (Phi) is 3.17. The van der Waals surface area contributed by atoms with Gasteiger partial charge < -0.3 is 4.57 Å². The Hall–Kier alpha value is -0.760. The van der Waals surface area contributed by atoms with Crippen molar-refractivity contribution in [3.8, 4) is 0 Å². The average Bonchev–Trinajstić information content (AvgIpc) is 2.37. The second-order valence-electron chi connectivity index (χ2n) is 2.34. The molecule has 0 aliphatic carbocycles. The Balaban J connectivity index is 2.50. The van der Waals surface area contributed by atoms with Crippen molar-refractivity contribution in [1.29, 1.82) is 0 Å². The SMILES string of the molecule is Cn1cnc(/C=C/CCCl)c1. The Morgan fingerprint density at radius 2 is 2.55 bits per heavy atom. The zero-order valence-electron chi connectivity index (χ0n) is 6.50. The van der Waals surface area contributed by atoms with Gasteiger partial charge in [0, 0.05) is 19.1 Å². The molecule has 60 valence electrons. The summed E-state index contributed by atoms with van der Waals surface area (Å²) in [7, 11) is 1.95. The molecule has 0 amide bonds. The van der Waals surface area contributed by atoms with Gasteiger partial charge in [0.1, 0.15) is 0 Å². The molecule has 11 heavy (non-hydrogen) atoms. The Labute approximate surface area is 71.5 Å². The molecule has 0 aliphatic rings. The maximum absolute atomic E-state index is 5.50. The molecule has 0 aliphatic heterocycles. The predicted octanol–water partition coefficient (Wildman–Crippen LogP) is 2.06. The van der Waals surface area contributed by atoms with Crippen molar-refractivity contribution >= 4 is 17.7 Å². The molecule has 0 unspecified atom stereocenters. The van der Waals surface area contributed by atoms with Crippen molar-refractivity contribution < 1.29 is 0 Å². The summed E-state index contributed by atoms with van der Waals surface area (Å²) in [5, 5.41) is 0. The van der Waals surface area contributed by atoms with Gasteiger partial charge in [0.2, 0.25) is 0 Å². The fraction of sp³-hybridized carbons (Fsp3) is 0.375. The average molecular weight is 171 g/mol. The van der Waals surface area contributed by atoms with Crippen molar-refractivity contribution in [2.24, 2.45) is 7.05 Å². The van der Waals surface area contributed by atoms with E-state index in [1.165, 1.54) is 0 Å². The van der Waals surface area contributed by atoms with Crippen molar-refractivity contribution in [2.45, 2.75) is 6.42 Å². The third-order valence-corrected chi connectivity index (χ3v) is 1.51. The highest BCUT2D eigenvalue weighted by atomic mass is 35.5. The lowest BCUT2D eigenvalue weighted by Crippen LogP contribution is -1.77. The molecule has 1 aromatic heterocycles. The number of allylic oxidation sites excluding steroid dienone is 1. The Morgan fingerprint density at radius 3 is 3.09 bits per heavy atom. The summed E-state index contributed by atoms with van der Waals surface area (Å²) in [5.41, 5.74) is 0.984. The molecule has 1 aromatic rings. The first kappa shape index (κ1) is 8.34. The maximum Gasteiger partial charge on any atom is 0.0950 e. The second-order valence-corrected chi connectivity index (χ2v) is 2.72. The van der Waals surface area contributed by atoms with E-state index >= 15 is 0 Å². The highest BCUT2D eigenvalue weighted by Gasteiger charge is 1.87. The number of alkyl halides is 1. The van der Waals surface area contributed by atoms with Crippen molar-refractivity contribution in [2.75, 3.05) is 5.88 Å². The van der Waals surface area contributed by atoms with Gasteiger partial charge in [-0.2, -0.15) is 0 Å². The Bertz CT molecular complexity index is 240. The van der Waals surface area contributed by atoms with Gasteiger partial charge in [0.15, 0.2) is 0 Å². The van der Waals surface area contributed by atoms with Gasteiger partial charge in [-0.25, -0.2) is 4.98 Å². The van der Waals surface area contributed by atoms with Gasteiger partial charge in [-0.3, -0.25) is 0 Å². The minimum atomic E-state index is 0.670. The molecule has 0 atom stereocenters. The molecule has 0 aromatic carbocycles. The van der Waals surface area contributed by atoms with Gasteiger partial charge in [-0.05, 0) is 12.5 Å². The largest absolute Gasteiger partial charge is 0.340 e. The van der Waals surface area contributed by atoms with Crippen LogP contribution in [0.2, 0.25) is 0 Å². The van der Waals surface area contributed by atoms with E-state index in [0.717, 1.165) is 12.1 Å². The van der Waals surface area contributed by atoms with E-state index in [1.54, 1.807) is 6.33 Å². The van der Waals surface area contributed by atoms with E-state index in [1.807, 2.05) is 30.0 Å². The molecule has 0 N–H and O–H groups in total.